The van der Waals surface area contributed by atoms with E-state index in [1.54, 1.807) is 18.2 Å². The van der Waals surface area contributed by atoms with Gasteiger partial charge in [0.1, 0.15) is 0 Å². The molecule has 0 N–H and O–H groups in total. The first-order valence-corrected chi connectivity index (χ1v) is 6.68. The fourth-order valence-corrected chi connectivity index (χ4v) is 2.14. The molecule has 0 bridgehead atoms. The molecule has 0 aromatic heterocycles. The van der Waals surface area contributed by atoms with E-state index in [4.69, 9.17) is 20.9 Å². The van der Waals surface area contributed by atoms with Crippen LogP contribution in [0.3, 0.4) is 0 Å². The quantitative estimate of drug-likeness (QED) is 0.744. The van der Waals surface area contributed by atoms with E-state index in [1.165, 1.54) is 6.07 Å². The molecule has 1 aliphatic rings. The molecule has 2 rings (SSSR count). The Balaban J connectivity index is 2.41. The zero-order chi connectivity index (χ0) is 15.1. The van der Waals surface area contributed by atoms with Crippen molar-refractivity contribution in [2.45, 2.75) is 38.9 Å². The minimum Gasteiger partial charge on any atom is -0.399 e. The average molecular weight is 301 g/mol. The Morgan fingerprint density at radius 3 is 2.10 bits per heavy atom. The van der Waals surface area contributed by atoms with Gasteiger partial charge < -0.3 is 9.31 Å². The van der Waals surface area contributed by atoms with Crippen LogP contribution in [-0.2, 0) is 9.31 Å². The maximum atomic E-state index is 13.3. The molecule has 1 aromatic rings. The highest BCUT2D eigenvalue weighted by Crippen LogP contribution is 2.41. The Morgan fingerprint density at radius 1 is 1.10 bits per heavy atom. The lowest BCUT2D eigenvalue weighted by Crippen LogP contribution is -2.41. The number of halogens is 3. The van der Waals surface area contributed by atoms with Gasteiger partial charge in [-0.3, -0.25) is 0 Å². The van der Waals surface area contributed by atoms with Crippen molar-refractivity contribution in [3.8, 4) is 0 Å². The Morgan fingerprint density at radius 2 is 1.65 bits per heavy atom. The third kappa shape index (κ3) is 2.75. The predicted octanol–water partition coefficient (Wildman–Crippen LogP) is 4.58. The second kappa shape index (κ2) is 5.13. The monoisotopic (exact) mass is 300 g/mol. The van der Waals surface area contributed by atoms with Gasteiger partial charge in [-0.05, 0) is 45.4 Å². The molecule has 6 heteroatoms. The van der Waals surface area contributed by atoms with Gasteiger partial charge in [0.2, 0.25) is 0 Å². The van der Waals surface area contributed by atoms with E-state index < -0.39 is 24.4 Å². The van der Waals surface area contributed by atoms with Gasteiger partial charge in [-0.15, -0.1) is 0 Å². The van der Waals surface area contributed by atoms with Crippen LogP contribution in [0.5, 0.6) is 0 Å². The average Bonchev–Trinajstić information content (AvgIpc) is 2.47. The van der Waals surface area contributed by atoms with Crippen molar-refractivity contribution in [1.82, 2.24) is 0 Å². The van der Waals surface area contributed by atoms with Gasteiger partial charge in [0.25, 0.3) is 6.08 Å². The largest absolute Gasteiger partial charge is 0.501 e. The maximum Gasteiger partial charge on any atom is 0.501 e. The summed E-state index contributed by atoms with van der Waals surface area (Å²) in [4.78, 5) is 0. The number of hydrogen-bond acceptors (Lipinski definition) is 2. The number of benzene rings is 1. The summed E-state index contributed by atoms with van der Waals surface area (Å²) in [6.45, 7) is 7.27. The van der Waals surface area contributed by atoms with Crippen molar-refractivity contribution in [1.29, 1.82) is 0 Å². The van der Waals surface area contributed by atoms with E-state index in [0.29, 0.717) is 10.6 Å². The second-order valence-electron chi connectivity index (χ2n) is 5.77. The van der Waals surface area contributed by atoms with Crippen LogP contribution in [0.25, 0.3) is 5.47 Å². The lowest BCUT2D eigenvalue weighted by Gasteiger charge is -2.32. The van der Waals surface area contributed by atoms with Gasteiger partial charge in [0.05, 0.1) is 16.7 Å². The molecular formula is C14H16BClF2O2. The van der Waals surface area contributed by atoms with Gasteiger partial charge in [-0.1, -0.05) is 23.7 Å². The van der Waals surface area contributed by atoms with Crippen LogP contribution < -0.4 is 0 Å². The van der Waals surface area contributed by atoms with Crippen LogP contribution in [0.4, 0.5) is 8.78 Å². The topological polar surface area (TPSA) is 18.5 Å². The third-order valence-corrected chi connectivity index (χ3v) is 4.06. The van der Waals surface area contributed by atoms with Crippen LogP contribution in [0, 0.1) is 0 Å². The first-order chi connectivity index (χ1) is 9.14. The van der Waals surface area contributed by atoms with E-state index in [-0.39, 0.29) is 5.47 Å². The summed E-state index contributed by atoms with van der Waals surface area (Å²) in [5.41, 5.74) is -1.31. The Hall–Kier alpha value is -0.905. The molecule has 0 atom stereocenters. The Bertz CT molecular complexity index is 538. The Kier molecular flexibility index (Phi) is 3.97. The highest BCUT2D eigenvalue weighted by atomic mass is 35.5. The van der Waals surface area contributed by atoms with Crippen molar-refractivity contribution < 1.29 is 18.1 Å². The third-order valence-electron chi connectivity index (χ3n) is 3.83. The van der Waals surface area contributed by atoms with Crippen LogP contribution in [0.1, 0.15) is 33.3 Å². The molecule has 1 saturated heterocycles. The minimum absolute atomic E-state index is 0.272. The molecule has 0 spiro atoms. The summed E-state index contributed by atoms with van der Waals surface area (Å²) in [6.07, 6.45) is -1.83. The summed E-state index contributed by atoms with van der Waals surface area (Å²) in [5, 5.41) is 0.387. The van der Waals surface area contributed by atoms with Gasteiger partial charge in [-0.25, -0.2) is 0 Å². The zero-order valence-corrected chi connectivity index (χ0v) is 12.6. The first-order valence-electron chi connectivity index (χ1n) is 6.31. The highest BCUT2D eigenvalue weighted by Gasteiger charge is 2.53. The minimum atomic E-state index is -1.83. The van der Waals surface area contributed by atoms with Crippen LogP contribution in [-0.4, -0.2) is 18.3 Å². The molecule has 1 fully saturated rings. The number of rotatable bonds is 2. The lowest BCUT2D eigenvalue weighted by molar-refractivity contribution is 0.00578. The fraction of sp³-hybridized carbons (Fsp3) is 0.429. The summed E-state index contributed by atoms with van der Waals surface area (Å²) in [6, 6.07) is 6.28. The van der Waals surface area contributed by atoms with Crippen LogP contribution >= 0.6 is 11.6 Å². The zero-order valence-electron chi connectivity index (χ0n) is 11.8. The molecule has 0 amide bonds. The SMILES string of the molecule is CC1(C)OB(C(=C(F)F)c2cccc(Cl)c2)OC1(C)C. The molecule has 0 aliphatic carbocycles. The van der Waals surface area contributed by atoms with E-state index in [1.807, 2.05) is 27.7 Å². The van der Waals surface area contributed by atoms with Crippen molar-refractivity contribution in [3.63, 3.8) is 0 Å². The molecule has 1 heterocycles. The summed E-state index contributed by atoms with van der Waals surface area (Å²) < 4.78 is 38.1. The summed E-state index contributed by atoms with van der Waals surface area (Å²) in [7, 11) is -1.11. The van der Waals surface area contributed by atoms with Crippen molar-refractivity contribution in [2.24, 2.45) is 0 Å². The molecule has 20 heavy (non-hydrogen) atoms. The molecule has 1 aromatic carbocycles. The van der Waals surface area contributed by atoms with E-state index in [0.717, 1.165) is 0 Å². The molecule has 0 unspecified atom stereocenters. The smallest absolute Gasteiger partial charge is 0.399 e. The van der Waals surface area contributed by atoms with E-state index >= 15 is 0 Å². The Labute approximate surface area is 122 Å². The molecular weight excluding hydrogens is 284 g/mol. The van der Waals surface area contributed by atoms with Gasteiger partial charge in [0, 0.05) is 5.02 Å². The molecule has 1 aliphatic heterocycles. The van der Waals surface area contributed by atoms with Crippen LogP contribution in [0.15, 0.2) is 30.3 Å². The normalized spacial score (nSPS) is 20.1. The van der Waals surface area contributed by atoms with Crippen molar-refractivity contribution >= 4 is 24.2 Å². The molecule has 2 nitrogen and oxygen atoms in total. The van der Waals surface area contributed by atoms with Crippen LogP contribution in [0.2, 0.25) is 5.02 Å². The van der Waals surface area contributed by atoms with E-state index in [2.05, 4.69) is 0 Å². The molecule has 0 radical (unpaired) electrons. The predicted molar refractivity (Wildman–Crippen MR) is 76.7 cm³/mol. The lowest BCUT2D eigenvalue weighted by atomic mass is 9.74. The highest BCUT2D eigenvalue weighted by molar-refractivity contribution is 6.69. The van der Waals surface area contributed by atoms with Gasteiger partial charge in [-0.2, -0.15) is 8.78 Å². The van der Waals surface area contributed by atoms with Gasteiger partial charge in [0.15, 0.2) is 0 Å². The second-order valence-corrected chi connectivity index (χ2v) is 6.21. The summed E-state index contributed by atoms with van der Waals surface area (Å²) >= 11 is 5.86. The van der Waals surface area contributed by atoms with E-state index in [9.17, 15) is 8.78 Å². The molecule has 0 saturated carbocycles. The van der Waals surface area contributed by atoms with Crippen molar-refractivity contribution in [3.05, 3.63) is 40.9 Å². The number of hydrogen-bond donors (Lipinski definition) is 0. The molecule has 108 valence electrons. The first kappa shape index (κ1) is 15.5. The van der Waals surface area contributed by atoms with Gasteiger partial charge >= 0.3 is 7.12 Å². The van der Waals surface area contributed by atoms with Crippen molar-refractivity contribution in [2.75, 3.05) is 0 Å². The maximum absolute atomic E-state index is 13.3. The fourth-order valence-electron chi connectivity index (χ4n) is 1.95. The standard InChI is InChI=1S/C14H16BClF2O2/c1-13(2)14(3,4)20-15(19-13)11(12(17)18)9-6-5-7-10(16)8-9/h5-8H,1-4H3. The summed E-state index contributed by atoms with van der Waals surface area (Å²) in [5.74, 6) is 0.